The molecule has 1 heterocycles. The van der Waals surface area contributed by atoms with Crippen LogP contribution in [0.2, 0.25) is 5.02 Å². The van der Waals surface area contributed by atoms with Crippen molar-refractivity contribution in [2.24, 2.45) is 0 Å². The third-order valence-electron chi connectivity index (χ3n) is 4.47. The number of aryl methyl sites for hydroxylation is 1. The summed E-state index contributed by atoms with van der Waals surface area (Å²) in [5.74, 6) is 0. The smallest absolute Gasteiger partial charge is 0.344 e. The minimum Gasteiger partial charge on any atom is -0.422 e. The largest absolute Gasteiger partial charge is 0.422 e. The van der Waals surface area contributed by atoms with E-state index in [1.165, 1.54) is 0 Å². The van der Waals surface area contributed by atoms with Gasteiger partial charge in [-0.2, -0.15) is 0 Å². The monoisotopic (exact) mass is 372 g/mol. The van der Waals surface area contributed by atoms with Gasteiger partial charge in [-0.15, -0.1) is 0 Å². The molecule has 2 nitrogen and oxygen atoms in total. The van der Waals surface area contributed by atoms with Crippen molar-refractivity contribution in [2.75, 3.05) is 0 Å². The van der Waals surface area contributed by atoms with E-state index >= 15 is 0 Å². The summed E-state index contributed by atoms with van der Waals surface area (Å²) in [5, 5.41) is 1.55. The Hall–Kier alpha value is -3.10. The Balaban J connectivity index is 1.99. The lowest BCUT2D eigenvalue weighted by molar-refractivity contribution is 0.559. The van der Waals surface area contributed by atoms with E-state index in [9.17, 15) is 4.79 Å². The Labute approximate surface area is 162 Å². The Bertz CT molecular complexity index is 1190. The summed E-state index contributed by atoms with van der Waals surface area (Å²) in [4.78, 5) is 12.8. The summed E-state index contributed by atoms with van der Waals surface area (Å²) < 4.78 is 5.62. The van der Waals surface area contributed by atoms with Crippen LogP contribution >= 0.6 is 11.6 Å². The van der Waals surface area contributed by atoms with Gasteiger partial charge in [-0.1, -0.05) is 72.3 Å². The van der Waals surface area contributed by atoms with Crippen molar-refractivity contribution >= 4 is 34.7 Å². The number of hydrogen-bond acceptors (Lipinski definition) is 2. The fourth-order valence-corrected chi connectivity index (χ4v) is 3.27. The predicted molar refractivity (Wildman–Crippen MR) is 113 cm³/mol. The molecule has 0 amide bonds. The first-order valence-corrected chi connectivity index (χ1v) is 9.06. The quantitative estimate of drug-likeness (QED) is 0.379. The molecule has 0 radical (unpaired) electrons. The molecule has 1 aromatic heterocycles. The molecule has 0 saturated carbocycles. The number of fused-ring (bicyclic) bond motifs is 1. The molecule has 0 atom stereocenters. The fraction of sp³-hybridized carbons (Fsp3) is 0.0417. The predicted octanol–water partition coefficient (Wildman–Crippen LogP) is 6.59. The summed E-state index contributed by atoms with van der Waals surface area (Å²) in [7, 11) is 0. The summed E-state index contributed by atoms with van der Waals surface area (Å²) >= 11 is 6.06. The van der Waals surface area contributed by atoms with Gasteiger partial charge in [0, 0.05) is 16.0 Å². The average Bonchev–Trinajstić information content (AvgIpc) is 2.67. The van der Waals surface area contributed by atoms with Crippen molar-refractivity contribution in [3.63, 3.8) is 0 Å². The maximum absolute atomic E-state index is 12.8. The number of rotatable bonds is 3. The average molecular weight is 373 g/mol. The van der Waals surface area contributed by atoms with Crippen LogP contribution in [0.4, 0.5) is 0 Å². The second-order valence-corrected chi connectivity index (χ2v) is 6.87. The van der Waals surface area contributed by atoms with Crippen molar-refractivity contribution in [3.05, 3.63) is 105 Å². The topological polar surface area (TPSA) is 30.2 Å². The highest BCUT2D eigenvalue weighted by atomic mass is 35.5. The molecule has 0 aliphatic rings. The third kappa shape index (κ3) is 3.57. The molecule has 27 heavy (non-hydrogen) atoms. The van der Waals surface area contributed by atoms with Gasteiger partial charge in [0.2, 0.25) is 0 Å². The zero-order chi connectivity index (χ0) is 18.8. The van der Waals surface area contributed by atoms with E-state index in [0.717, 1.165) is 27.6 Å². The van der Waals surface area contributed by atoms with E-state index < -0.39 is 0 Å². The molecule has 0 N–H and O–H groups in total. The molecule has 0 aliphatic carbocycles. The van der Waals surface area contributed by atoms with Gasteiger partial charge in [0.05, 0.1) is 5.56 Å². The maximum Gasteiger partial charge on any atom is 0.344 e. The molecular weight excluding hydrogens is 356 g/mol. The highest BCUT2D eigenvalue weighted by Crippen LogP contribution is 2.32. The Morgan fingerprint density at radius 3 is 2.37 bits per heavy atom. The van der Waals surface area contributed by atoms with E-state index in [1.807, 2.05) is 91.9 Å². The van der Waals surface area contributed by atoms with Gasteiger partial charge in [-0.25, -0.2) is 4.79 Å². The lowest BCUT2D eigenvalue weighted by Gasteiger charge is -2.10. The van der Waals surface area contributed by atoms with Crippen molar-refractivity contribution in [1.82, 2.24) is 0 Å². The molecule has 0 fully saturated rings. The third-order valence-corrected chi connectivity index (χ3v) is 4.73. The van der Waals surface area contributed by atoms with Crippen LogP contribution < -0.4 is 5.63 Å². The van der Waals surface area contributed by atoms with E-state index in [-0.39, 0.29) is 5.63 Å². The fourth-order valence-electron chi connectivity index (χ4n) is 3.15. The number of benzene rings is 3. The van der Waals surface area contributed by atoms with Crippen LogP contribution in [0.15, 0.2) is 82.0 Å². The van der Waals surface area contributed by atoms with Crippen molar-refractivity contribution in [1.29, 1.82) is 0 Å². The summed E-state index contributed by atoms with van der Waals surface area (Å²) in [6, 6.07) is 23.3. The lowest BCUT2D eigenvalue weighted by Crippen LogP contribution is -2.06. The Morgan fingerprint density at radius 2 is 1.63 bits per heavy atom. The van der Waals surface area contributed by atoms with Gasteiger partial charge in [0.15, 0.2) is 0 Å². The molecule has 3 heteroatoms. The lowest BCUT2D eigenvalue weighted by atomic mass is 9.96. The zero-order valence-corrected chi connectivity index (χ0v) is 15.5. The first kappa shape index (κ1) is 17.3. The summed E-state index contributed by atoms with van der Waals surface area (Å²) in [6.07, 6.45) is 3.75. The zero-order valence-electron chi connectivity index (χ0n) is 14.8. The Morgan fingerprint density at radius 1 is 0.889 bits per heavy atom. The van der Waals surface area contributed by atoms with Crippen molar-refractivity contribution < 1.29 is 4.42 Å². The van der Waals surface area contributed by atoms with Crippen LogP contribution in [-0.2, 0) is 0 Å². The van der Waals surface area contributed by atoms with Crippen molar-refractivity contribution in [2.45, 2.75) is 6.92 Å². The van der Waals surface area contributed by atoms with E-state index in [0.29, 0.717) is 16.2 Å². The first-order valence-electron chi connectivity index (χ1n) is 8.68. The molecule has 0 aliphatic heterocycles. The standard InChI is InChI=1S/C24H17ClO2/c1-16-7-13-20-22(15-16)27-24(26)21(14-8-17-5-3-2-4-6-17)23(20)18-9-11-19(25)12-10-18/h2-15H,1H3/b14-8+. The second kappa shape index (κ2) is 7.26. The Kier molecular flexibility index (Phi) is 4.66. The van der Waals surface area contributed by atoms with E-state index in [4.69, 9.17) is 16.0 Å². The highest BCUT2D eigenvalue weighted by Gasteiger charge is 2.14. The van der Waals surface area contributed by atoms with Gasteiger partial charge >= 0.3 is 5.63 Å². The molecule has 4 aromatic rings. The van der Waals surface area contributed by atoms with Crippen LogP contribution in [0, 0.1) is 6.92 Å². The minimum absolute atomic E-state index is 0.356. The van der Waals surface area contributed by atoms with Crippen LogP contribution in [0.1, 0.15) is 16.7 Å². The number of hydrogen-bond donors (Lipinski definition) is 0. The van der Waals surface area contributed by atoms with Gasteiger partial charge in [0.1, 0.15) is 5.58 Å². The number of halogens is 1. The maximum atomic E-state index is 12.8. The van der Waals surface area contributed by atoms with Crippen LogP contribution in [0.25, 0.3) is 34.2 Å². The molecule has 3 aromatic carbocycles. The summed E-state index contributed by atoms with van der Waals surface area (Å²) in [6.45, 7) is 1.98. The minimum atomic E-state index is -0.356. The first-order chi connectivity index (χ1) is 13.1. The normalized spacial score (nSPS) is 11.3. The highest BCUT2D eigenvalue weighted by molar-refractivity contribution is 6.30. The van der Waals surface area contributed by atoms with Crippen molar-refractivity contribution in [3.8, 4) is 11.1 Å². The van der Waals surface area contributed by atoms with Crippen LogP contribution in [-0.4, -0.2) is 0 Å². The van der Waals surface area contributed by atoms with Gasteiger partial charge in [-0.05, 0) is 47.9 Å². The second-order valence-electron chi connectivity index (χ2n) is 6.43. The van der Waals surface area contributed by atoms with E-state index in [1.54, 1.807) is 0 Å². The molecule has 0 saturated heterocycles. The molecule has 0 unspecified atom stereocenters. The van der Waals surface area contributed by atoms with E-state index in [2.05, 4.69) is 0 Å². The van der Waals surface area contributed by atoms with Gasteiger partial charge in [-0.3, -0.25) is 0 Å². The molecule has 132 valence electrons. The van der Waals surface area contributed by atoms with Crippen LogP contribution in [0.5, 0.6) is 0 Å². The SMILES string of the molecule is Cc1ccc2c(-c3ccc(Cl)cc3)c(/C=C/c3ccccc3)c(=O)oc2c1. The molecule has 4 rings (SSSR count). The summed E-state index contributed by atoms with van der Waals surface area (Å²) in [5.41, 5.74) is 4.59. The molecular formula is C24H17ClO2. The van der Waals surface area contributed by atoms with Gasteiger partial charge < -0.3 is 4.42 Å². The van der Waals surface area contributed by atoms with Gasteiger partial charge in [0.25, 0.3) is 0 Å². The molecule has 0 spiro atoms. The van der Waals surface area contributed by atoms with Crippen LogP contribution in [0.3, 0.4) is 0 Å². The molecule has 0 bridgehead atoms.